The van der Waals surface area contributed by atoms with Crippen LogP contribution in [0.4, 0.5) is 14.5 Å². The van der Waals surface area contributed by atoms with Gasteiger partial charge in [-0.2, -0.15) is 0 Å². The molecule has 3 heterocycles. The molecule has 0 saturated carbocycles. The number of hydrogen-bond donors (Lipinski definition) is 1. The summed E-state index contributed by atoms with van der Waals surface area (Å²) in [6.07, 6.45) is 2.32. The first-order chi connectivity index (χ1) is 8.63. The van der Waals surface area contributed by atoms with E-state index in [1.807, 2.05) is 0 Å². The van der Waals surface area contributed by atoms with E-state index >= 15 is 0 Å². The fourth-order valence-electron chi connectivity index (χ4n) is 3.09. The van der Waals surface area contributed by atoms with Crippen LogP contribution in [0.15, 0.2) is 12.1 Å². The number of hydrogen-bond acceptors (Lipinski definition) is 2. The molecule has 98 valence electrons. The highest BCUT2D eigenvalue weighted by Crippen LogP contribution is 2.30. The van der Waals surface area contributed by atoms with Crippen molar-refractivity contribution in [2.75, 3.05) is 25.0 Å². The monoisotopic (exact) mass is 252 g/mol. The molecule has 1 atom stereocenters. The SMILES string of the molecule is Cc1cc(F)c(NC2CN3CCC2CC3)cc1F. The molecule has 3 saturated heterocycles. The van der Waals surface area contributed by atoms with Gasteiger partial charge in [-0.3, -0.25) is 0 Å². The van der Waals surface area contributed by atoms with Crippen LogP contribution in [0.2, 0.25) is 0 Å². The van der Waals surface area contributed by atoms with Gasteiger partial charge < -0.3 is 10.2 Å². The maximum Gasteiger partial charge on any atom is 0.146 e. The average molecular weight is 252 g/mol. The minimum absolute atomic E-state index is 0.254. The third-order valence-corrected chi connectivity index (χ3v) is 4.25. The summed E-state index contributed by atoms with van der Waals surface area (Å²) in [6, 6.07) is 2.80. The van der Waals surface area contributed by atoms with Crippen molar-refractivity contribution in [3.8, 4) is 0 Å². The third-order valence-electron chi connectivity index (χ3n) is 4.25. The number of halogens is 2. The summed E-state index contributed by atoms with van der Waals surface area (Å²) in [5, 5.41) is 3.19. The van der Waals surface area contributed by atoms with Crippen molar-refractivity contribution < 1.29 is 8.78 Å². The smallest absolute Gasteiger partial charge is 0.146 e. The molecule has 2 nitrogen and oxygen atoms in total. The maximum absolute atomic E-state index is 13.8. The minimum Gasteiger partial charge on any atom is -0.378 e. The summed E-state index contributed by atoms with van der Waals surface area (Å²) >= 11 is 0. The first-order valence-electron chi connectivity index (χ1n) is 6.58. The van der Waals surface area contributed by atoms with Gasteiger partial charge >= 0.3 is 0 Å². The second kappa shape index (κ2) is 4.50. The van der Waals surface area contributed by atoms with Crippen LogP contribution in [0.25, 0.3) is 0 Å². The predicted octanol–water partition coefficient (Wildman–Crippen LogP) is 2.78. The maximum atomic E-state index is 13.8. The zero-order chi connectivity index (χ0) is 12.7. The van der Waals surface area contributed by atoms with E-state index in [2.05, 4.69) is 10.2 Å². The van der Waals surface area contributed by atoms with Crippen LogP contribution >= 0.6 is 0 Å². The Bertz CT molecular complexity index is 453. The molecular formula is C14H18F2N2. The molecule has 3 aliphatic rings. The number of piperidine rings is 3. The third kappa shape index (κ3) is 2.09. The van der Waals surface area contributed by atoms with E-state index in [0.29, 0.717) is 17.2 Å². The van der Waals surface area contributed by atoms with Crippen LogP contribution < -0.4 is 5.32 Å². The average Bonchev–Trinajstić information content (AvgIpc) is 2.37. The Morgan fingerprint density at radius 1 is 1.17 bits per heavy atom. The van der Waals surface area contributed by atoms with Gasteiger partial charge in [0.25, 0.3) is 0 Å². The molecule has 0 spiro atoms. The second-order valence-corrected chi connectivity index (χ2v) is 5.47. The summed E-state index contributed by atoms with van der Waals surface area (Å²) in [6.45, 7) is 4.82. The summed E-state index contributed by atoms with van der Waals surface area (Å²) in [5.74, 6) is -0.107. The fraction of sp³-hybridized carbons (Fsp3) is 0.571. The molecule has 0 amide bonds. The zero-order valence-corrected chi connectivity index (χ0v) is 10.5. The molecule has 0 aromatic heterocycles. The number of rotatable bonds is 2. The number of anilines is 1. The van der Waals surface area contributed by atoms with E-state index < -0.39 is 0 Å². The Balaban J connectivity index is 1.78. The minimum atomic E-state index is -0.356. The quantitative estimate of drug-likeness (QED) is 0.870. The van der Waals surface area contributed by atoms with Gasteiger partial charge in [-0.25, -0.2) is 8.78 Å². The molecule has 4 rings (SSSR count). The van der Waals surface area contributed by atoms with Crippen LogP contribution in [0.1, 0.15) is 18.4 Å². The van der Waals surface area contributed by atoms with Crippen molar-refractivity contribution in [3.63, 3.8) is 0 Å². The van der Waals surface area contributed by atoms with Gasteiger partial charge in [0.2, 0.25) is 0 Å². The molecule has 3 aliphatic heterocycles. The van der Waals surface area contributed by atoms with E-state index in [0.717, 1.165) is 32.5 Å². The van der Waals surface area contributed by atoms with E-state index in [4.69, 9.17) is 0 Å². The van der Waals surface area contributed by atoms with Crippen molar-refractivity contribution in [2.45, 2.75) is 25.8 Å². The topological polar surface area (TPSA) is 15.3 Å². The fourth-order valence-corrected chi connectivity index (χ4v) is 3.09. The molecule has 1 unspecified atom stereocenters. The summed E-state index contributed by atoms with van der Waals surface area (Å²) in [5.41, 5.74) is 0.656. The second-order valence-electron chi connectivity index (χ2n) is 5.47. The first-order valence-corrected chi connectivity index (χ1v) is 6.58. The lowest BCUT2D eigenvalue weighted by Crippen LogP contribution is -2.53. The van der Waals surface area contributed by atoms with Crippen molar-refractivity contribution in [1.82, 2.24) is 4.90 Å². The molecule has 3 fully saturated rings. The van der Waals surface area contributed by atoms with Crippen LogP contribution in [0.3, 0.4) is 0 Å². The van der Waals surface area contributed by atoms with Crippen LogP contribution in [-0.2, 0) is 0 Å². The molecule has 2 bridgehead atoms. The number of nitrogens with one attached hydrogen (secondary N) is 1. The Kier molecular flexibility index (Phi) is 2.98. The van der Waals surface area contributed by atoms with Gasteiger partial charge in [0.15, 0.2) is 0 Å². The van der Waals surface area contributed by atoms with Gasteiger partial charge in [-0.1, -0.05) is 0 Å². The Morgan fingerprint density at radius 2 is 1.89 bits per heavy atom. The highest BCUT2D eigenvalue weighted by molar-refractivity contribution is 5.48. The normalized spacial score (nSPS) is 30.5. The van der Waals surface area contributed by atoms with E-state index in [1.54, 1.807) is 6.92 Å². The molecule has 1 aromatic carbocycles. The zero-order valence-electron chi connectivity index (χ0n) is 10.5. The van der Waals surface area contributed by atoms with Gasteiger partial charge in [-0.05, 0) is 50.4 Å². The number of aryl methyl sites for hydroxylation is 1. The summed E-state index contributed by atoms with van der Waals surface area (Å²) < 4.78 is 27.3. The Hall–Kier alpha value is -1.16. The Morgan fingerprint density at radius 3 is 2.50 bits per heavy atom. The number of benzene rings is 1. The Labute approximate surface area is 106 Å². The van der Waals surface area contributed by atoms with Crippen LogP contribution in [0, 0.1) is 24.5 Å². The predicted molar refractivity (Wildman–Crippen MR) is 67.7 cm³/mol. The standard InChI is InChI=1S/C14H18F2N2/c1-9-6-12(16)13(7-11(9)15)17-14-8-18-4-2-10(14)3-5-18/h6-7,10,14,17H,2-5,8H2,1H3. The van der Waals surface area contributed by atoms with Crippen LogP contribution in [-0.4, -0.2) is 30.6 Å². The highest BCUT2D eigenvalue weighted by atomic mass is 19.1. The van der Waals surface area contributed by atoms with Crippen molar-refractivity contribution in [3.05, 3.63) is 29.3 Å². The largest absolute Gasteiger partial charge is 0.378 e. The lowest BCUT2D eigenvalue weighted by atomic mass is 9.84. The molecule has 1 aromatic rings. The number of fused-ring (bicyclic) bond motifs is 3. The van der Waals surface area contributed by atoms with E-state index in [9.17, 15) is 8.78 Å². The highest BCUT2D eigenvalue weighted by Gasteiger charge is 2.34. The summed E-state index contributed by atoms with van der Waals surface area (Å²) in [7, 11) is 0. The van der Waals surface area contributed by atoms with E-state index in [-0.39, 0.29) is 17.7 Å². The summed E-state index contributed by atoms with van der Waals surface area (Å²) in [4.78, 5) is 2.39. The first kappa shape index (κ1) is 11.9. The molecule has 0 aliphatic carbocycles. The lowest BCUT2D eigenvalue weighted by molar-refractivity contribution is 0.0974. The van der Waals surface area contributed by atoms with Gasteiger partial charge in [-0.15, -0.1) is 0 Å². The molecule has 4 heteroatoms. The van der Waals surface area contributed by atoms with Crippen molar-refractivity contribution >= 4 is 5.69 Å². The molecule has 18 heavy (non-hydrogen) atoms. The molecular weight excluding hydrogens is 234 g/mol. The van der Waals surface area contributed by atoms with Gasteiger partial charge in [0, 0.05) is 18.7 Å². The van der Waals surface area contributed by atoms with Crippen LogP contribution in [0.5, 0.6) is 0 Å². The van der Waals surface area contributed by atoms with Gasteiger partial charge in [0.1, 0.15) is 11.6 Å². The van der Waals surface area contributed by atoms with E-state index in [1.165, 1.54) is 12.1 Å². The molecule has 1 N–H and O–H groups in total. The lowest BCUT2D eigenvalue weighted by Gasteiger charge is -2.45. The van der Waals surface area contributed by atoms with Gasteiger partial charge in [0.05, 0.1) is 5.69 Å². The molecule has 0 radical (unpaired) electrons. The number of nitrogens with zero attached hydrogens (tertiary/aromatic N) is 1. The van der Waals surface area contributed by atoms with Crippen molar-refractivity contribution in [1.29, 1.82) is 0 Å². The van der Waals surface area contributed by atoms with Crippen molar-refractivity contribution in [2.24, 2.45) is 5.92 Å².